The van der Waals surface area contributed by atoms with E-state index in [1.165, 1.54) is 0 Å². The van der Waals surface area contributed by atoms with E-state index in [9.17, 15) is 4.79 Å². The molecule has 0 aromatic carbocycles. The largest absolute Gasteiger partial charge is 0.481 e. The lowest BCUT2D eigenvalue weighted by molar-refractivity contribution is -0.137. The summed E-state index contributed by atoms with van der Waals surface area (Å²) in [5.74, 6) is -0.438. The topological polar surface area (TPSA) is 37.3 Å². The van der Waals surface area contributed by atoms with E-state index in [0.717, 1.165) is 0 Å². The Balaban J connectivity index is 0. The van der Waals surface area contributed by atoms with Crippen LogP contribution < -0.4 is 0 Å². The smallest absolute Gasteiger partial charge is 0.303 e. The molecule has 8 heavy (non-hydrogen) atoms. The van der Waals surface area contributed by atoms with Gasteiger partial charge in [0.25, 0.3) is 0 Å². The third-order valence-electron chi connectivity index (χ3n) is 0.583. The Morgan fingerprint density at radius 3 is 2.00 bits per heavy atom. The number of hydrogen-bond donors (Lipinski definition) is 1. The Bertz CT molecular complexity index is 70.8. The molecule has 0 spiro atoms. The number of aliphatic carboxylic acids is 1. The summed E-state index contributed by atoms with van der Waals surface area (Å²) in [5.41, 5.74) is 0. The fourth-order valence-electron chi connectivity index (χ4n) is 0.349. The first kappa shape index (κ1) is 10.7. The highest BCUT2D eigenvalue weighted by molar-refractivity contribution is 5.85. The predicted molar refractivity (Wildman–Crippen MR) is 34.3 cm³/mol. The Morgan fingerprint density at radius 1 is 1.62 bits per heavy atom. The van der Waals surface area contributed by atoms with E-state index in [1.807, 2.05) is 13.8 Å². The van der Waals surface area contributed by atoms with Gasteiger partial charge >= 0.3 is 5.97 Å². The highest BCUT2D eigenvalue weighted by atomic mass is 35.5. The zero-order valence-electron chi connectivity index (χ0n) is 5.05. The normalized spacial score (nSPS) is 8.38. The summed E-state index contributed by atoms with van der Waals surface area (Å²) in [6, 6.07) is 0. The number of carboxylic acid groups (broad SMARTS) is 1. The van der Waals surface area contributed by atoms with Gasteiger partial charge in [0.2, 0.25) is 0 Å². The van der Waals surface area contributed by atoms with Crippen LogP contribution in [-0.2, 0) is 4.79 Å². The van der Waals surface area contributed by atoms with Crippen LogP contribution in [0.15, 0.2) is 0 Å². The molecule has 0 rings (SSSR count). The minimum Gasteiger partial charge on any atom is -0.481 e. The third kappa shape index (κ3) is 9.23. The molecule has 0 bridgehead atoms. The van der Waals surface area contributed by atoms with Crippen molar-refractivity contribution in [1.82, 2.24) is 0 Å². The average Bonchev–Trinajstić information content (AvgIpc) is 1.27. The van der Waals surface area contributed by atoms with Gasteiger partial charge in [-0.1, -0.05) is 13.8 Å². The van der Waals surface area contributed by atoms with Crippen molar-refractivity contribution in [1.29, 1.82) is 0 Å². The molecule has 0 aliphatic carbocycles. The first-order chi connectivity index (χ1) is 3.13. The van der Waals surface area contributed by atoms with Crippen LogP contribution in [0.3, 0.4) is 0 Å². The molecule has 0 saturated heterocycles. The van der Waals surface area contributed by atoms with Gasteiger partial charge in [-0.2, -0.15) is 0 Å². The second-order valence-electron chi connectivity index (χ2n) is 1.99. The Hall–Kier alpha value is -0.240. The van der Waals surface area contributed by atoms with E-state index in [1.54, 1.807) is 0 Å². The number of carbonyl (C=O) groups is 1. The second kappa shape index (κ2) is 4.91. The van der Waals surface area contributed by atoms with Crippen LogP contribution in [0.25, 0.3) is 0 Å². The molecule has 1 N–H and O–H groups in total. The zero-order chi connectivity index (χ0) is 5.86. The Labute approximate surface area is 55.3 Å². The molecule has 0 heterocycles. The molecule has 3 heteroatoms. The SMILES string of the molecule is CC(C)CC(=O)O.Cl. The maximum Gasteiger partial charge on any atom is 0.303 e. The molecule has 50 valence electrons. The number of hydrogen-bond acceptors (Lipinski definition) is 1. The molecular formula is C5H11ClO2. The van der Waals surface area contributed by atoms with Gasteiger partial charge in [-0.3, -0.25) is 4.79 Å². The van der Waals surface area contributed by atoms with Crippen molar-refractivity contribution in [3.05, 3.63) is 0 Å². The van der Waals surface area contributed by atoms with E-state index >= 15 is 0 Å². The van der Waals surface area contributed by atoms with E-state index in [4.69, 9.17) is 5.11 Å². The summed E-state index contributed by atoms with van der Waals surface area (Å²) in [7, 11) is 0. The van der Waals surface area contributed by atoms with Crippen LogP contribution >= 0.6 is 12.4 Å². The van der Waals surface area contributed by atoms with Crippen LogP contribution in [0.2, 0.25) is 0 Å². The lowest BCUT2D eigenvalue weighted by atomic mass is 10.1. The molecule has 0 saturated carbocycles. The van der Waals surface area contributed by atoms with E-state index in [2.05, 4.69) is 0 Å². The molecule has 0 radical (unpaired) electrons. The maximum absolute atomic E-state index is 9.81. The van der Waals surface area contributed by atoms with E-state index in [-0.39, 0.29) is 24.7 Å². The van der Waals surface area contributed by atoms with Gasteiger partial charge in [0.05, 0.1) is 0 Å². The fraction of sp³-hybridized carbons (Fsp3) is 0.800. The number of carboxylic acids is 1. The second-order valence-corrected chi connectivity index (χ2v) is 1.99. The van der Waals surface area contributed by atoms with Crippen LogP contribution in [0, 0.1) is 5.92 Å². The van der Waals surface area contributed by atoms with Crippen LogP contribution in [0.1, 0.15) is 20.3 Å². The highest BCUT2D eigenvalue weighted by Gasteiger charge is 1.98. The lowest BCUT2D eigenvalue weighted by Crippen LogP contribution is -1.99. The minimum absolute atomic E-state index is 0. The molecule has 0 aliphatic rings. The standard InChI is InChI=1S/C5H10O2.ClH/c1-4(2)3-5(6)7;/h4H,3H2,1-2H3,(H,6,7);1H. The first-order valence-corrected chi connectivity index (χ1v) is 2.34. The third-order valence-corrected chi connectivity index (χ3v) is 0.583. The van der Waals surface area contributed by atoms with Crippen molar-refractivity contribution in [2.45, 2.75) is 20.3 Å². The molecule has 0 fully saturated rings. The maximum atomic E-state index is 9.81. The summed E-state index contributed by atoms with van der Waals surface area (Å²) < 4.78 is 0. The molecule has 0 atom stereocenters. The zero-order valence-corrected chi connectivity index (χ0v) is 5.86. The fourth-order valence-corrected chi connectivity index (χ4v) is 0.349. The van der Waals surface area contributed by atoms with Crippen LogP contribution in [0.4, 0.5) is 0 Å². The Kier molecular flexibility index (Phi) is 6.56. The van der Waals surface area contributed by atoms with Crippen molar-refractivity contribution in [2.24, 2.45) is 5.92 Å². The molecular weight excluding hydrogens is 128 g/mol. The van der Waals surface area contributed by atoms with Gasteiger partial charge in [0.1, 0.15) is 0 Å². The average molecular weight is 139 g/mol. The molecule has 2 nitrogen and oxygen atoms in total. The Morgan fingerprint density at radius 2 is 2.00 bits per heavy atom. The molecule has 0 unspecified atom stereocenters. The van der Waals surface area contributed by atoms with Crippen molar-refractivity contribution >= 4 is 18.4 Å². The van der Waals surface area contributed by atoms with E-state index < -0.39 is 5.97 Å². The van der Waals surface area contributed by atoms with Gasteiger partial charge in [0, 0.05) is 6.42 Å². The lowest BCUT2D eigenvalue weighted by Gasteiger charge is -1.94. The molecule has 0 aliphatic heterocycles. The van der Waals surface area contributed by atoms with Crippen LogP contribution in [0.5, 0.6) is 0 Å². The first-order valence-electron chi connectivity index (χ1n) is 2.34. The molecule has 0 amide bonds. The monoisotopic (exact) mass is 138 g/mol. The van der Waals surface area contributed by atoms with Gasteiger partial charge in [0.15, 0.2) is 0 Å². The predicted octanol–water partition coefficient (Wildman–Crippen LogP) is 1.54. The number of rotatable bonds is 2. The van der Waals surface area contributed by atoms with Crippen LogP contribution in [-0.4, -0.2) is 11.1 Å². The number of halogens is 1. The quantitative estimate of drug-likeness (QED) is 0.629. The van der Waals surface area contributed by atoms with E-state index in [0.29, 0.717) is 0 Å². The van der Waals surface area contributed by atoms with Gasteiger partial charge in [-0.15, -0.1) is 12.4 Å². The summed E-state index contributed by atoms with van der Waals surface area (Å²) >= 11 is 0. The van der Waals surface area contributed by atoms with Gasteiger partial charge in [-0.05, 0) is 5.92 Å². The van der Waals surface area contributed by atoms with Gasteiger partial charge in [-0.25, -0.2) is 0 Å². The molecule has 0 aromatic rings. The van der Waals surface area contributed by atoms with Crippen molar-refractivity contribution in [2.75, 3.05) is 0 Å². The van der Waals surface area contributed by atoms with Crippen molar-refractivity contribution in [3.8, 4) is 0 Å². The summed E-state index contributed by atoms with van der Waals surface area (Å²) in [4.78, 5) is 9.81. The van der Waals surface area contributed by atoms with Crippen molar-refractivity contribution in [3.63, 3.8) is 0 Å². The minimum atomic E-state index is -0.713. The summed E-state index contributed by atoms with van der Waals surface area (Å²) in [6.45, 7) is 3.77. The summed E-state index contributed by atoms with van der Waals surface area (Å²) in [5, 5.41) is 8.08. The highest BCUT2D eigenvalue weighted by Crippen LogP contribution is 1.96. The summed E-state index contributed by atoms with van der Waals surface area (Å²) in [6.07, 6.45) is 0.278. The molecule has 0 aromatic heterocycles. The van der Waals surface area contributed by atoms with Gasteiger partial charge < -0.3 is 5.11 Å². The van der Waals surface area contributed by atoms with Crippen molar-refractivity contribution < 1.29 is 9.90 Å².